The van der Waals surface area contributed by atoms with Crippen molar-refractivity contribution < 1.29 is 49.5 Å². The number of anilines is 1. The molecule has 37 heavy (non-hydrogen) atoms. The number of hydrogen-bond acceptors (Lipinski definition) is 10. The summed E-state index contributed by atoms with van der Waals surface area (Å²) in [6, 6.07) is 2.35. The average molecular weight is 512 g/mol. The Morgan fingerprint density at radius 3 is 2.30 bits per heavy atom. The van der Waals surface area contributed by atoms with E-state index in [2.05, 4.69) is 5.32 Å². The first-order valence-electron chi connectivity index (χ1n) is 11.8. The molecule has 0 saturated heterocycles. The van der Waals surface area contributed by atoms with Gasteiger partial charge in [-0.15, -0.1) is 0 Å². The summed E-state index contributed by atoms with van der Waals surface area (Å²) in [7, 11) is 0. The first-order chi connectivity index (χ1) is 17.4. The Labute approximate surface area is 209 Å². The third-order valence-corrected chi connectivity index (χ3v) is 7.91. The van der Waals surface area contributed by atoms with Gasteiger partial charge in [-0.05, 0) is 25.0 Å². The van der Waals surface area contributed by atoms with Crippen LogP contribution in [0.4, 0.5) is 5.69 Å². The highest BCUT2D eigenvalue weighted by Crippen LogP contribution is 2.52. The number of benzene rings is 1. The summed E-state index contributed by atoms with van der Waals surface area (Å²) in [5.74, 6) is -12.0. The van der Waals surface area contributed by atoms with Crippen molar-refractivity contribution >= 4 is 40.6 Å². The van der Waals surface area contributed by atoms with E-state index in [0.29, 0.717) is 12.8 Å². The van der Waals surface area contributed by atoms with Crippen LogP contribution in [0.3, 0.4) is 0 Å². The molecule has 2 fully saturated rings. The number of carbonyl (C=O) groups is 5. The highest BCUT2D eigenvalue weighted by Gasteiger charge is 2.65. The summed E-state index contributed by atoms with van der Waals surface area (Å²) >= 11 is 0. The van der Waals surface area contributed by atoms with Gasteiger partial charge in [0.25, 0.3) is 5.91 Å². The molecule has 0 bridgehead atoms. The van der Waals surface area contributed by atoms with Crippen molar-refractivity contribution in [2.45, 2.75) is 43.8 Å². The summed E-state index contributed by atoms with van der Waals surface area (Å²) < 4.78 is 0. The summed E-state index contributed by atoms with van der Waals surface area (Å²) in [6.07, 6.45) is 0.266. The number of phenolic OH excluding ortho intramolecular Hbond substituents is 1. The van der Waals surface area contributed by atoms with E-state index in [0.717, 1.165) is 18.9 Å². The third kappa shape index (κ3) is 3.25. The van der Waals surface area contributed by atoms with Crippen LogP contribution in [0.2, 0.25) is 0 Å². The van der Waals surface area contributed by atoms with Gasteiger partial charge in [0.15, 0.2) is 17.2 Å². The van der Waals surface area contributed by atoms with Gasteiger partial charge in [0.05, 0.1) is 34.4 Å². The van der Waals surface area contributed by atoms with Gasteiger partial charge in [-0.2, -0.15) is 0 Å². The van der Waals surface area contributed by atoms with E-state index in [1.807, 2.05) is 0 Å². The minimum absolute atomic E-state index is 0.0562. The van der Waals surface area contributed by atoms with Crippen LogP contribution in [0.5, 0.6) is 5.75 Å². The molecule has 12 nitrogen and oxygen atoms in total. The second-order valence-electron chi connectivity index (χ2n) is 9.86. The van der Waals surface area contributed by atoms with E-state index in [1.165, 1.54) is 6.07 Å². The highest BCUT2D eigenvalue weighted by molar-refractivity contribution is 6.26. The summed E-state index contributed by atoms with van der Waals surface area (Å²) in [5.41, 5.74) is -0.672. The van der Waals surface area contributed by atoms with Gasteiger partial charge < -0.3 is 36.6 Å². The highest BCUT2D eigenvalue weighted by atomic mass is 16.4. The van der Waals surface area contributed by atoms with Crippen LogP contribution in [0.15, 0.2) is 29.0 Å². The lowest BCUT2D eigenvalue weighted by Crippen LogP contribution is -2.64. The SMILES string of the molecule is NC(=O)C1=C(O)[C@@]2(O)C(=O)C3=C(O)c4c(O)ccc(NC(=O)C5CCCC5)c4C(=O)[C@H]3[C@H](O)[C@H]2CC1=O. The number of aromatic hydroxyl groups is 1. The number of nitrogens with two attached hydrogens (primary N) is 1. The van der Waals surface area contributed by atoms with E-state index >= 15 is 0 Å². The standard InChI is InChI=1S/C25H24N2O10/c26-23(35)15-12(29)7-9-18(30)16-17(22(34)25(9,37)21(15)33)20(32)14-11(28)6-5-10(13(14)19(16)31)27-24(36)8-3-1-2-4-8/h5-6,8-9,16,18,28,30,32-33,37H,1-4,7H2,(H2,26,35)(H,27,36)/t9-,16-,18-,25-/m1/s1. The molecule has 0 aliphatic heterocycles. The molecular weight excluding hydrogens is 488 g/mol. The molecule has 0 heterocycles. The van der Waals surface area contributed by atoms with Crippen LogP contribution in [0.25, 0.3) is 5.76 Å². The second-order valence-corrected chi connectivity index (χ2v) is 9.86. The van der Waals surface area contributed by atoms with Crippen LogP contribution in [-0.4, -0.2) is 66.4 Å². The van der Waals surface area contributed by atoms with Crippen molar-refractivity contribution in [3.8, 4) is 5.75 Å². The molecule has 12 heteroatoms. The van der Waals surface area contributed by atoms with E-state index < -0.39 is 87.2 Å². The molecule has 2 saturated carbocycles. The average Bonchev–Trinajstić information content (AvgIpc) is 3.38. The number of aliphatic hydroxyl groups excluding tert-OH is 3. The number of ketones is 3. The lowest BCUT2D eigenvalue weighted by Gasteiger charge is -2.48. The molecule has 0 spiro atoms. The van der Waals surface area contributed by atoms with Crippen molar-refractivity contribution in [2.75, 3.05) is 5.32 Å². The largest absolute Gasteiger partial charge is 0.508 e. The number of carbonyl (C=O) groups excluding carboxylic acids is 5. The molecule has 5 rings (SSSR count). The molecule has 8 N–H and O–H groups in total. The van der Waals surface area contributed by atoms with Crippen molar-refractivity contribution in [3.63, 3.8) is 0 Å². The van der Waals surface area contributed by atoms with Gasteiger partial charge >= 0.3 is 0 Å². The zero-order valence-corrected chi connectivity index (χ0v) is 19.4. The van der Waals surface area contributed by atoms with Crippen molar-refractivity contribution in [1.82, 2.24) is 0 Å². The maximum Gasteiger partial charge on any atom is 0.255 e. The summed E-state index contributed by atoms with van der Waals surface area (Å²) in [4.78, 5) is 64.2. The maximum absolute atomic E-state index is 13.7. The fourth-order valence-corrected chi connectivity index (χ4v) is 6.04. The Morgan fingerprint density at radius 2 is 1.68 bits per heavy atom. The lowest BCUT2D eigenvalue weighted by atomic mass is 9.57. The van der Waals surface area contributed by atoms with Gasteiger partial charge in [-0.3, -0.25) is 24.0 Å². The number of rotatable bonds is 3. The van der Waals surface area contributed by atoms with Crippen LogP contribution < -0.4 is 11.1 Å². The third-order valence-electron chi connectivity index (χ3n) is 7.91. The number of hydrogen-bond donors (Lipinski definition) is 7. The number of nitrogens with one attached hydrogen (secondary N) is 1. The molecule has 0 aromatic heterocycles. The first kappa shape index (κ1) is 24.7. The van der Waals surface area contributed by atoms with Gasteiger partial charge in [-0.1, -0.05) is 12.8 Å². The molecule has 1 aromatic rings. The zero-order chi connectivity index (χ0) is 27.0. The molecule has 4 aliphatic rings. The molecule has 4 atom stereocenters. The molecule has 0 radical (unpaired) electrons. The monoisotopic (exact) mass is 512 g/mol. The molecule has 194 valence electrons. The Morgan fingerprint density at radius 1 is 1.03 bits per heavy atom. The van der Waals surface area contributed by atoms with Crippen LogP contribution >= 0.6 is 0 Å². The number of phenols is 1. The number of aliphatic hydroxyl groups is 4. The van der Waals surface area contributed by atoms with Gasteiger partial charge in [-0.25, -0.2) is 0 Å². The summed E-state index contributed by atoms with van der Waals surface area (Å²) in [5, 5.41) is 57.2. The van der Waals surface area contributed by atoms with Crippen LogP contribution in [0.1, 0.15) is 48.0 Å². The number of fused-ring (bicyclic) bond motifs is 3. The lowest BCUT2D eigenvalue weighted by molar-refractivity contribution is -0.158. The van der Waals surface area contributed by atoms with E-state index in [-0.39, 0.29) is 23.1 Å². The second kappa shape index (κ2) is 8.25. The maximum atomic E-state index is 13.7. The van der Waals surface area contributed by atoms with Crippen molar-refractivity contribution in [2.24, 2.45) is 23.5 Å². The van der Waals surface area contributed by atoms with Gasteiger partial charge in [0.1, 0.15) is 22.8 Å². The normalized spacial score (nSPS) is 29.7. The van der Waals surface area contributed by atoms with E-state index in [9.17, 15) is 49.5 Å². The Hall–Kier alpha value is -4.03. The smallest absolute Gasteiger partial charge is 0.255 e. The number of Topliss-reactive ketones (excluding diaryl/α,β-unsaturated/α-hetero) is 3. The quantitative estimate of drug-likeness (QED) is 0.214. The van der Waals surface area contributed by atoms with Crippen LogP contribution in [0, 0.1) is 17.8 Å². The summed E-state index contributed by atoms with van der Waals surface area (Å²) in [6.45, 7) is 0. The molecular formula is C25H24N2O10. The van der Waals surface area contributed by atoms with E-state index in [1.54, 1.807) is 0 Å². The predicted molar refractivity (Wildman–Crippen MR) is 124 cm³/mol. The molecule has 4 aliphatic carbocycles. The minimum atomic E-state index is -3.04. The van der Waals surface area contributed by atoms with Gasteiger partial charge in [0.2, 0.25) is 11.7 Å². The van der Waals surface area contributed by atoms with Crippen LogP contribution in [-0.2, 0) is 19.2 Å². The van der Waals surface area contributed by atoms with Crippen molar-refractivity contribution in [3.05, 3.63) is 40.2 Å². The number of primary amides is 1. The molecule has 1 aromatic carbocycles. The fraction of sp³-hybridized carbons (Fsp3) is 0.400. The first-order valence-corrected chi connectivity index (χ1v) is 11.8. The Bertz CT molecular complexity index is 1370. The topological polar surface area (TPSA) is 225 Å². The predicted octanol–water partition coefficient (Wildman–Crippen LogP) is 0.164. The Kier molecular flexibility index (Phi) is 5.50. The fourth-order valence-electron chi connectivity index (χ4n) is 6.04. The molecule has 2 amide bonds. The minimum Gasteiger partial charge on any atom is -0.508 e. The van der Waals surface area contributed by atoms with E-state index in [4.69, 9.17) is 5.73 Å². The zero-order valence-electron chi connectivity index (χ0n) is 19.4. The number of amides is 2. The molecule has 0 unspecified atom stereocenters. The van der Waals surface area contributed by atoms with Gasteiger partial charge in [0, 0.05) is 18.3 Å². The van der Waals surface area contributed by atoms with Crippen molar-refractivity contribution in [1.29, 1.82) is 0 Å². The Balaban J connectivity index is 1.68.